The Bertz CT molecular complexity index is 588. The van der Waals surface area contributed by atoms with Crippen LogP contribution in [0.25, 0.3) is 0 Å². The van der Waals surface area contributed by atoms with Crippen molar-refractivity contribution in [2.75, 3.05) is 0 Å². The topological polar surface area (TPSA) is 49.8 Å². The van der Waals surface area contributed by atoms with Crippen molar-refractivity contribution in [2.24, 2.45) is 34.5 Å². The van der Waals surface area contributed by atoms with Crippen LogP contribution in [0, 0.1) is 34.5 Å². The van der Waals surface area contributed by atoms with E-state index in [9.17, 15) is 9.90 Å². The maximum absolute atomic E-state index is 12.4. The fourth-order valence-corrected chi connectivity index (χ4v) is 8.30. The number of carbonyl (C=O) groups excluding carboxylic acids is 1. The number of hydrogen-bond donors (Lipinski definition) is 1. The van der Waals surface area contributed by atoms with Crippen molar-refractivity contribution in [1.82, 2.24) is 0 Å². The quantitative estimate of drug-likeness (QED) is 0.745. The van der Waals surface area contributed by atoms with Crippen LogP contribution in [0.1, 0.15) is 72.1 Å². The van der Waals surface area contributed by atoms with E-state index in [0.717, 1.165) is 37.5 Å². The first-order chi connectivity index (χ1) is 11.3. The number of fused-ring (bicyclic) bond motifs is 7. The summed E-state index contributed by atoms with van der Waals surface area (Å²) in [6.07, 6.45) is 9.45. The highest BCUT2D eigenvalue weighted by atomic mass is 16.6. The predicted octanol–water partition coefficient (Wildman–Crippen LogP) is 3.73. The lowest BCUT2D eigenvalue weighted by atomic mass is 9.44. The van der Waals surface area contributed by atoms with E-state index in [4.69, 9.17) is 4.74 Å². The van der Waals surface area contributed by atoms with E-state index in [1.54, 1.807) is 6.92 Å². The minimum absolute atomic E-state index is 0.0676. The molecule has 5 fully saturated rings. The lowest BCUT2D eigenvalue weighted by molar-refractivity contribution is -0.151. The molecule has 0 aromatic heterocycles. The molecule has 0 aromatic carbocycles. The van der Waals surface area contributed by atoms with Gasteiger partial charge in [0.05, 0.1) is 12.2 Å². The molecule has 5 rings (SSSR count). The Morgan fingerprint density at radius 2 is 1.83 bits per heavy atom. The second-order valence-corrected chi connectivity index (χ2v) is 10.2. The highest BCUT2D eigenvalue weighted by Gasteiger charge is 2.79. The fraction of sp³-hybridized carbons (Fsp3) is 0.952. The Hall–Kier alpha value is -0.410. The standard InChI is InChI=1S/C21H32O3/c1-12(22)21-18(24-21)11-17-15-5-4-13-10-14(23)6-8-19(13,2)16(15)7-9-20(17,21)3/h13-18,23H,4-11H2,1-3H3/t13-,14-,15-,16+,17-,18+,19-,20-,21+/m0/s1. The average molecular weight is 332 g/mol. The lowest BCUT2D eigenvalue weighted by Crippen LogP contribution is -2.56. The number of ether oxygens (including phenoxy) is 1. The molecule has 134 valence electrons. The molecule has 0 aromatic rings. The third kappa shape index (κ3) is 1.65. The molecule has 1 saturated heterocycles. The summed E-state index contributed by atoms with van der Waals surface area (Å²) in [4.78, 5) is 12.4. The largest absolute Gasteiger partial charge is 0.393 e. The van der Waals surface area contributed by atoms with Gasteiger partial charge in [-0.25, -0.2) is 0 Å². The van der Waals surface area contributed by atoms with Gasteiger partial charge in [-0.1, -0.05) is 13.8 Å². The second-order valence-electron chi connectivity index (χ2n) is 10.2. The van der Waals surface area contributed by atoms with E-state index in [-0.39, 0.29) is 23.4 Å². The van der Waals surface area contributed by atoms with Crippen LogP contribution < -0.4 is 0 Å². The number of ketones is 1. The summed E-state index contributed by atoms with van der Waals surface area (Å²) in [7, 11) is 0. The molecule has 0 radical (unpaired) electrons. The van der Waals surface area contributed by atoms with E-state index in [1.807, 2.05) is 0 Å². The molecule has 0 spiro atoms. The summed E-state index contributed by atoms with van der Waals surface area (Å²) in [5, 5.41) is 10.1. The average Bonchev–Trinajstić information content (AvgIpc) is 3.21. The molecular formula is C21H32O3. The third-order valence-corrected chi connectivity index (χ3v) is 9.59. The first-order valence-corrected chi connectivity index (χ1v) is 10.2. The maximum Gasteiger partial charge on any atom is 0.164 e. The zero-order chi connectivity index (χ0) is 16.9. The molecule has 1 N–H and O–H groups in total. The van der Waals surface area contributed by atoms with E-state index >= 15 is 0 Å². The number of aliphatic hydroxyl groups excluding tert-OH is 1. The van der Waals surface area contributed by atoms with Crippen molar-refractivity contribution in [3.05, 3.63) is 0 Å². The van der Waals surface area contributed by atoms with E-state index in [2.05, 4.69) is 13.8 Å². The van der Waals surface area contributed by atoms with Crippen molar-refractivity contribution < 1.29 is 14.6 Å². The molecule has 3 nitrogen and oxygen atoms in total. The SMILES string of the molecule is CC(=O)[C@@]12O[C@@H]1C[C@H]1[C@H]3CC[C@H]4C[C@@H](O)CC[C@]4(C)[C@@H]3CC[C@@]12C. The Kier molecular flexibility index (Phi) is 3.06. The summed E-state index contributed by atoms with van der Waals surface area (Å²) < 4.78 is 6.02. The van der Waals surface area contributed by atoms with Crippen LogP contribution in [0.3, 0.4) is 0 Å². The van der Waals surface area contributed by atoms with Crippen molar-refractivity contribution in [1.29, 1.82) is 0 Å². The van der Waals surface area contributed by atoms with Gasteiger partial charge in [0.2, 0.25) is 0 Å². The first-order valence-electron chi connectivity index (χ1n) is 10.2. The number of epoxide rings is 1. The molecule has 4 aliphatic carbocycles. The molecule has 0 unspecified atom stereocenters. The summed E-state index contributed by atoms with van der Waals surface area (Å²) in [6.45, 7) is 6.64. The van der Waals surface area contributed by atoms with E-state index in [1.165, 1.54) is 25.7 Å². The van der Waals surface area contributed by atoms with Crippen LogP contribution in [-0.2, 0) is 9.53 Å². The van der Waals surface area contributed by atoms with Crippen LogP contribution in [0.15, 0.2) is 0 Å². The Morgan fingerprint density at radius 1 is 1.04 bits per heavy atom. The zero-order valence-corrected chi connectivity index (χ0v) is 15.4. The number of aliphatic hydroxyl groups is 1. The lowest BCUT2D eigenvalue weighted by Gasteiger charge is -2.61. The van der Waals surface area contributed by atoms with Gasteiger partial charge in [-0.2, -0.15) is 0 Å². The molecule has 1 heterocycles. The molecule has 24 heavy (non-hydrogen) atoms. The van der Waals surface area contributed by atoms with Gasteiger partial charge in [-0.15, -0.1) is 0 Å². The van der Waals surface area contributed by atoms with Gasteiger partial charge in [0, 0.05) is 5.41 Å². The van der Waals surface area contributed by atoms with Crippen LogP contribution in [0.4, 0.5) is 0 Å². The van der Waals surface area contributed by atoms with Crippen LogP contribution in [0.5, 0.6) is 0 Å². The Balaban J connectivity index is 1.47. The molecule has 0 amide bonds. The highest BCUT2D eigenvalue weighted by molar-refractivity contribution is 5.90. The number of carbonyl (C=O) groups is 1. The highest BCUT2D eigenvalue weighted by Crippen LogP contribution is 2.73. The first kappa shape index (κ1) is 15.8. The van der Waals surface area contributed by atoms with Gasteiger partial charge in [-0.3, -0.25) is 4.79 Å². The van der Waals surface area contributed by atoms with Gasteiger partial charge in [-0.05, 0) is 87.4 Å². The van der Waals surface area contributed by atoms with Crippen LogP contribution in [0.2, 0.25) is 0 Å². The van der Waals surface area contributed by atoms with Crippen molar-refractivity contribution in [3.8, 4) is 0 Å². The molecule has 3 heteroatoms. The third-order valence-electron chi connectivity index (χ3n) is 9.59. The predicted molar refractivity (Wildman–Crippen MR) is 91.4 cm³/mol. The zero-order valence-electron chi connectivity index (χ0n) is 15.4. The minimum atomic E-state index is -0.427. The monoisotopic (exact) mass is 332 g/mol. The summed E-state index contributed by atoms with van der Waals surface area (Å²) in [6, 6.07) is 0. The van der Waals surface area contributed by atoms with E-state index < -0.39 is 5.60 Å². The van der Waals surface area contributed by atoms with Gasteiger partial charge < -0.3 is 9.84 Å². The normalized spacial score (nSPS) is 61.3. The minimum Gasteiger partial charge on any atom is -0.393 e. The van der Waals surface area contributed by atoms with Gasteiger partial charge in [0.15, 0.2) is 11.4 Å². The summed E-state index contributed by atoms with van der Waals surface area (Å²) >= 11 is 0. The van der Waals surface area contributed by atoms with Crippen LogP contribution in [-0.4, -0.2) is 28.7 Å². The summed E-state index contributed by atoms with van der Waals surface area (Å²) in [5.74, 6) is 3.22. The van der Waals surface area contributed by atoms with E-state index in [0.29, 0.717) is 17.3 Å². The number of hydrogen-bond acceptors (Lipinski definition) is 3. The summed E-state index contributed by atoms with van der Waals surface area (Å²) in [5.41, 5.74) is 0.0612. The van der Waals surface area contributed by atoms with Crippen molar-refractivity contribution in [2.45, 2.75) is 89.9 Å². The molecule has 5 aliphatic rings. The Labute approximate surface area is 145 Å². The van der Waals surface area contributed by atoms with Gasteiger partial charge in [0.25, 0.3) is 0 Å². The van der Waals surface area contributed by atoms with Crippen LogP contribution >= 0.6 is 0 Å². The molecule has 9 atom stereocenters. The maximum atomic E-state index is 12.4. The second kappa shape index (κ2) is 4.65. The molecule has 0 bridgehead atoms. The molecular weight excluding hydrogens is 300 g/mol. The smallest absolute Gasteiger partial charge is 0.164 e. The van der Waals surface area contributed by atoms with Crippen molar-refractivity contribution >= 4 is 5.78 Å². The van der Waals surface area contributed by atoms with Gasteiger partial charge >= 0.3 is 0 Å². The van der Waals surface area contributed by atoms with Gasteiger partial charge in [0.1, 0.15) is 0 Å². The Morgan fingerprint density at radius 3 is 2.58 bits per heavy atom. The number of rotatable bonds is 1. The molecule has 4 saturated carbocycles. The number of Topliss-reactive ketones (excluding diaryl/α,β-unsaturated/α-hetero) is 1. The molecule has 1 aliphatic heterocycles. The van der Waals surface area contributed by atoms with Crippen molar-refractivity contribution in [3.63, 3.8) is 0 Å². The fourth-order valence-electron chi connectivity index (χ4n) is 8.30.